The molecule has 0 N–H and O–H groups in total. The summed E-state index contributed by atoms with van der Waals surface area (Å²) in [5.74, 6) is -0.275. The summed E-state index contributed by atoms with van der Waals surface area (Å²) in [6.45, 7) is 5.36. The molecular formula is C15H19BrN2O2. The number of hydrogen-bond donors (Lipinski definition) is 0. The molecule has 0 saturated carbocycles. The van der Waals surface area contributed by atoms with Gasteiger partial charge in [-0.3, -0.25) is 0 Å². The number of carbonyl (C=O) groups excluding carboxylic acids is 1. The topological polar surface area (TPSA) is 35.1 Å². The Kier molecular flexibility index (Phi) is 6.45. The Morgan fingerprint density at radius 1 is 1.25 bits per heavy atom. The summed E-state index contributed by atoms with van der Waals surface area (Å²) in [5, 5.41) is 0. The summed E-state index contributed by atoms with van der Waals surface area (Å²) in [6, 6.07) is 7.42. The number of benzene rings is 1. The second-order valence-corrected chi connectivity index (χ2v) is 4.33. The van der Waals surface area contributed by atoms with Crippen LogP contribution in [0.2, 0.25) is 0 Å². The van der Waals surface area contributed by atoms with E-state index in [0.29, 0.717) is 12.2 Å². The summed E-state index contributed by atoms with van der Waals surface area (Å²) in [4.78, 5) is 11.5. The van der Waals surface area contributed by atoms with Crippen LogP contribution in [-0.4, -0.2) is 17.1 Å². The minimum atomic E-state index is -0.275. The Hall–Kier alpha value is -1.62. The van der Waals surface area contributed by atoms with Crippen LogP contribution in [0, 0.1) is 0 Å². The van der Waals surface area contributed by atoms with Crippen molar-refractivity contribution in [3.63, 3.8) is 0 Å². The molecule has 1 aromatic carbocycles. The van der Waals surface area contributed by atoms with Crippen molar-refractivity contribution in [1.29, 1.82) is 0 Å². The first-order valence-corrected chi connectivity index (χ1v) is 6.59. The van der Waals surface area contributed by atoms with E-state index >= 15 is 0 Å². The van der Waals surface area contributed by atoms with Gasteiger partial charge in [-0.15, -0.1) is 0 Å². The predicted molar refractivity (Wildman–Crippen MR) is 72.2 cm³/mol. The summed E-state index contributed by atoms with van der Waals surface area (Å²) in [6.07, 6.45) is 7.21. The fraction of sp³-hybridized carbons (Fsp3) is 0.333. The van der Waals surface area contributed by atoms with Gasteiger partial charge in [0.1, 0.15) is 18.1 Å². The molecule has 108 valence electrons. The van der Waals surface area contributed by atoms with Crippen LogP contribution >= 0.6 is 0 Å². The van der Waals surface area contributed by atoms with Crippen molar-refractivity contribution >= 4 is 5.97 Å². The lowest BCUT2D eigenvalue weighted by atomic mass is 10.2. The van der Waals surface area contributed by atoms with Gasteiger partial charge in [0.05, 0.1) is 18.7 Å². The number of aryl methyl sites for hydroxylation is 1. The Labute approximate surface area is 129 Å². The first-order valence-electron chi connectivity index (χ1n) is 6.59. The molecule has 0 radical (unpaired) electrons. The SMILES string of the molecule is CCC[n+]1ccn(-c2ccc(C(=O)OCC)cc2)c1.[Br-]. The zero-order valence-electron chi connectivity index (χ0n) is 11.8. The molecule has 1 heterocycles. The molecule has 0 unspecified atom stereocenters. The first-order chi connectivity index (χ1) is 9.24. The highest BCUT2D eigenvalue weighted by Crippen LogP contribution is 2.10. The minimum Gasteiger partial charge on any atom is -1.00 e. The Bertz CT molecular complexity index is 549. The maximum atomic E-state index is 11.5. The average molecular weight is 339 g/mol. The highest BCUT2D eigenvalue weighted by molar-refractivity contribution is 5.89. The molecule has 0 amide bonds. The van der Waals surface area contributed by atoms with Crippen LogP contribution in [0.25, 0.3) is 5.69 Å². The van der Waals surface area contributed by atoms with E-state index in [2.05, 4.69) is 11.5 Å². The van der Waals surface area contributed by atoms with Crippen LogP contribution in [0.4, 0.5) is 0 Å². The molecule has 5 heteroatoms. The van der Waals surface area contributed by atoms with Crippen LogP contribution in [-0.2, 0) is 11.3 Å². The van der Waals surface area contributed by atoms with Crippen molar-refractivity contribution in [3.8, 4) is 5.69 Å². The Morgan fingerprint density at radius 3 is 2.55 bits per heavy atom. The van der Waals surface area contributed by atoms with Crippen LogP contribution in [0.15, 0.2) is 43.0 Å². The Morgan fingerprint density at radius 2 is 1.95 bits per heavy atom. The van der Waals surface area contributed by atoms with Crippen molar-refractivity contribution in [3.05, 3.63) is 48.5 Å². The Balaban J connectivity index is 0.00000200. The van der Waals surface area contributed by atoms with Crippen LogP contribution in [0.3, 0.4) is 0 Å². The van der Waals surface area contributed by atoms with Gasteiger partial charge in [0.2, 0.25) is 6.33 Å². The fourth-order valence-electron chi connectivity index (χ4n) is 1.92. The zero-order valence-corrected chi connectivity index (χ0v) is 13.3. The molecule has 2 aromatic rings. The number of aromatic nitrogens is 2. The van der Waals surface area contributed by atoms with Crippen molar-refractivity contribution in [2.45, 2.75) is 26.8 Å². The highest BCUT2D eigenvalue weighted by atomic mass is 79.9. The van der Waals surface area contributed by atoms with E-state index in [1.165, 1.54) is 0 Å². The van der Waals surface area contributed by atoms with Gasteiger partial charge in [0.15, 0.2) is 0 Å². The number of rotatable bonds is 5. The van der Waals surface area contributed by atoms with Gasteiger partial charge in [0, 0.05) is 0 Å². The largest absolute Gasteiger partial charge is 1.00 e. The number of hydrogen-bond acceptors (Lipinski definition) is 2. The van der Waals surface area contributed by atoms with E-state index in [1.807, 2.05) is 35.4 Å². The standard InChI is InChI=1S/C15H19N2O2.BrH/c1-3-9-16-10-11-17(12-16)14-7-5-13(6-8-14)15(18)19-4-2;/h5-8,10-12H,3-4,9H2,1-2H3;1H/q+1;/p-1. The number of halogens is 1. The van der Waals surface area contributed by atoms with Gasteiger partial charge in [0.25, 0.3) is 0 Å². The first kappa shape index (κ1) is 16.4. The van der Waals surface area contributed by atoms with Crippen molar-refractivity contribution in [1.82, 2.24) is 4.57 Å². The third-order valence-corrected chi connectivity index (χ3v) is 2.85. The lowest BCUT2D eigenvalue weighted by Crippen LogP contribution is -3.00. The number of imidazole rings is 1. The summed E-state index contributed by atoms with van der Waals surface area (Å²) < 4.78 is 9.13. The smallest absolute Gasteiger partial charge is 0.338 e. The molecule has 0 aliphatic rings. The van der Waals surface area contributed by atoms with E-state index < -0.39 is 0 Å². The predicted octanol–water partition coefficient (Wildman–Crippen LogP) is -0.644. The van der Waals surface area contributed by atoms with Crippen LogP contribution < -0.4 is 21.5 Å². The molecule has 4 nitrogen and oxygen atoms in total. The summed E-state index contributed by atoms with van der Waals surface area (Å²) in [5.41, 5.74) is 1.61. The monoisotopic (exact) mass is 338 g/mol. The van der Waals surface area contributed by atoms with Crippen LogP contribution in [0.5, 0.6) is 0 Å². The molecule has 20 heavy (non-hydrogen) atoms. The average Bonchev–Trinajstić information content (AvgIpc) is 2.88. The maximum absolute atomic E-state index is 11.5. The number of carbonyl (C=O) groups is 1. The maximum Gasteiger partial charge on any atom is 0.338 e. The number of nitrogens with zero attached hydrogens (tertiary/aromatic N) is 2. The molecule has 0 spiro atoms. The molecule has 0 atom stereocenters. The highest BCUT2D eigenvalue weighted by Gasteiger charge is 2.09. The van der Waals surface area contributed by atoms with Gasteiger partial charge in [-0.2, -0.15) is 0 Å². The van der Waals surface area contributed by atoms with Gasteiger partial charge in [-0.25, -0.2) is 13.9 Å². The van der Waals surface area contributed by atoms with E-state index in [9.17, 15) is 4.79 Å². The third kappa shape index (κ3) is 3.93. The molecule has 0 saturated heterocycles. The van der Waals surface area contributed by atoms with E-state index in [0.717, 1.165) is 18.7 Å². The summed E-state index contributed by atoms with van der Waals surface area (Å²) in [7, 11) is 0. The second kappa shape index (κ2) is 7.85. The van der Waals surface area contributed by atoms with Gasteiger partial charge in [-0.05, 0) is 37.6 Å². The van der Waals surface area contributed by atoms with Crippen LogP contribution in [0.1, 0.15) is 30.6 Å². The lowest BCUT2D eigenvalue weighted by Gasteiger charge is -2.01. The fourth-order valence-corrected chi connectivity index (χ4v) is 1.92. The molecular weight excluding hydrogens is 320 g/mol. The molecule has 0 aliphatic carbocycles. The lowest BCUT2D eigenvalue weighted by molar-refractivity contribution is -0.696. The van der Waals surface area contributed by atoms with Gasteiger partial charge in [-0.1, -0.05) is 6.92 Å². The number of ether oxygens (including phenoxy) is 1. The molecule has 0 fully saturated rings. The van der Waals surface area contributed by atoms with E-state index in [1.54, 1.807) is 19.1 Å². The van der Waals surface area contributed by atoms with E-state index in [-0.39, 0.29) is 23.0 Å². The number of esters is 1. The second-order valence-electron chi connectivity index (χ2n) is 4.33. The molecule has 2 rings (SSSR count). The van der Waals surface area contributed by atoms with Gasteiger partial charge < -0.3 is 21.7 Å². The van der Waals surface area contributed by atoms with Crippen molar-refractivity contribution in [2.24, 2.45) is 0 Å². The van der Waals surface area contributed by atoms with Crippen molar-refractivity contribution < 1.29 is 31.1 Å². The normalized spacial score (nSPS) is 9.90. The zero-order chi connectivity index (χ0) is 13.7. The molecule has 0 bridgehead atoms. The molecule has 0 aliphatic heterocycles. The van der Waals surface area contributed by atoms with E-state index in [4.69, 9.17) is 4.74 Å². The third-order valence-electron chi connectivity index (χ3n) is 2.85. The molecule has 1 aromatic heterocycles. The van der Waals surface area contributed by atoms with Crippen molar-refractivity contribution in [2.75, 3.05) is 6.61 Å². The minimum absolute atomic E-state index is 0. The summed E-state index contributed by atoms with van der Waals surface area (Å²) >= 11 is 0. The van der Waals surface area contributed by atoms with Gasteiger partial charge >= 0.3 is 5.97 Å². The quantitative estimate of drug-likeness (QED) is 0.536.